The summed E-state index contributed by atoms with van der Waals surface area (Å²) in [6.07, 6.45) is 2.10. The lowest BCUT2D eigenvalue weighted by Gasteiger charge is -2.16. The van der Waals surface area contributed by atoms with Gasteiger partial charge in [0.2, 0.25) is 5.91 Å². The molecule has 2 N–H and O–H groups in total. The fourth-order valence-corrected chi connectivity index (χ4v) is 3.86. The largest absolute Gasteiger partial charge is 0.459 e. The van der Waals surface area contributed by atoms with Crippen molar-refractivity contribution in [2.45, 2.75) is 30.4 Å². The van der Waals surface area contributed by atoms with Gasteiger partial charge in [-0.2, -0.15) is 0 Å². The fourth-order valence-electron chi connectivity index (χ4n) is 2.68. The number of rotatable bonds is 7. The molecule has 29 heavy (non-hydrogen) atoms. The molecule has 3 rings (SSSR count). The van der Waals surface area contributed by atoms with Crippen molar-refractivity contribution in [2.24, 2.45) is 0 Å². The van der Waals surface area contributed by atoms with E-state index in [0.717, 1.165) is 10.5 Å². The third-order valence-corrected chi connectivity index (χ3v) is 5.83. The summed E-state index contributed by atoms with van der Waals surface area (Å²) in [6, 6.07) is 16.1. The number of halogens is 1. The molecular weight excluding hydrogens is 408 g/mol. The van der Waals surface area contributed by atoms with Crippen molar-refractivity contribution in [1.82, 2.24) is 0 Å². The van der Waals surface area contributed by atoms with E-state index in [9.17, 15) is 9.59 Å². The highest BCUT2D eigenvalue weighted by molar-refractivity contribution is 8.00. The van der Waals surface area contributed by atoms with E-state index < -0.39 is 0 Å². The maximum absolute atomic E-state index is 12.8. The number of anilines is 2. The van der Waals surface area contributed by atoms with Gasteiger partial charge in [0.15, 0.2) is 5.76 Å². The van der Waals surface area contributed by atoms with E-state index in [2.05, 4.69) is 10.6 Å². The number of furan rings is 1. The van der Waals surface area contributed by atoms with Crippen LogP contribution in [0.5, 0.6) is 0 Å². The standard InChI is InChI=1S/C22H21ClN2O3S/c1-3-20(22(27)25-18-12-15(23)10-9-14(18)2)29-17-7-4-6-16(13-17)24-21(26)19-8-5-11-28-19/h4-13,20H,3H2,1-2H3,(H,24,26)(H,25,27). The van der Waals surface area contributed by atoms with Crippen molar-refractivity contribution in [2.75, 3.05) is 10.6 Å². The van der Waals surface area contributed by atoms with Gasteiger partial charge in [-0.05, 0) is 61.4 Å². The molecule has 1 heterocycles. The van der Waals surface area contributed by atoms with Crippen LogP contribution in [0.1, 0.15) is 29.5 Å². The lowest BCUT2D eigenvalue weighted by atomic mass is 10.2. The maximum atomic E-state index is 12.8. The Kier molecular flexibility index (Phi) is 7.01. The van der Waals surface area contributed by atoms with E-state index >= 15 is 0 Å². The summed E-state index contributed by atoms with van der Waals surface area (Å²) in [5, 5.41) is 6.05. The van der Waals surface area contributed by atoms with E-state index in [4.69, 9.17) is 16.0 Å². The monoisotopic (exact) mass is 428 g/mol. The highest BCUT2D eigenvalue weighted by Gasteiger charge is 2.19. The zero-order valence-electron chi connectivity index (χ0n) is 16.1. The summed E-state index contributed by atoms with van der Waals surface area (Å²) in [7, 11) is 0. The van der Waals surface area contributed by atoms with Gasteiger partial charge in [0.1, 0.15) is 0 Å². The molecule has 0 saturated heterocycles. The number of hydrogen-bond donors (Lipinski definition) is 2. The van der Waals surface area contributed by atoms with Gasteiger partial charge < -0.3 is 15.1 Å². The summed E-state index contributed by atoms with van der Waals surface area (Å²) in [6.45, 7) is 3.88. The number of aryl methyl sites for hydroxylation is 1. The minimum atomic E-state index is -0.321. The quantitative estimate of drug-likeness (QED) is 0.452. The van der Waals surface area contributed by atoms with Crippen molar-refractivity contribution < 1.29 is 14.0 Å². The van der Waals surface area contributed by atoms with E-state index in [1.54, 1.807) is 30.3 Å². The first kappa shape index (κ1) is 21.0. The first-order valence-corrected chi connectivity index (χ1v) is 10.4. The van der Waals surface area contributed by atoms with Crippen LogP contribution in [0, 0.1) is 6.92 Å². The molecule has 3 aromatic rings. The highest BCUT2D eigenvalue weighted by Crippen LogP contribution is 2.29. The summed E-state index contributed by atoms with van der Waals surface area (Å²) in [5.41, 5.74) is 2.29. The van der Waals surface area contributed by atoms with Gasteiger partial charge in [0.25, 0.3) is 5.91 Å². The van der Waals surface area contributed by atoms with Crippen LogP contribution in [-0.2, 0) is 4.79 Å². The predicted octanol–water partition coefficient (Wildman–Crippen LogP) is 6.00. The number of carbonyl (C=O) groups excluding carboxylic acids is 2. The van der Waals surface area contributed by atoms with E-state index in [0.29, 0.717) is 22.8 Å². The van der Waals surface area contributed by atoms with Crippen LogP contribution in [0.2, 0.25) is 5.02 Å². The second-order valence-corrected chi connectivity index (χ2v) is 8.14. The van der Waals surface area contributed by atoms with Gasteiger partial charge in [-0.3, -0.25) is 9.59 Å². The first-order chi connectivity index (χ1) is 14.0. The molecule has 0 aliphatic heterocycles. The van der Waals surface area contributed by atoms with Crippen molar-refractivity contribution in [3.8, 4) is 0 Å². The van der Waals surface area contributed by atoms with Crippen molar-refractivity contribution in [3.63, 3.8) is 0 Å². The van der Waals surface area contributed by atoms with Gasteiger partial charge in [-0.15, -0.1) is 11.8 Å². The zero-order valence-corrected chi connectivity index (χ0v) is 17.6. The third kappa shape index (κ3) is 5.65. The Morgan fingerprint density at radius 3 is 2.66 bits per heavy atom. The minimum absolute atomic E-state index is 0.0899. The molecule has 2 aromatic carbocycles. The lowest BCUT2D eigenvalue weighted by molar-refractivity contribution is -0.115. The minimum Gasteiger partial charge on any atom is -0.459 e. The molecule has 5 nitrogen and oxygen atoms in total. The zero-order chi connectivity index (χ0) is 20.8. The summed E-state index contributed by atoms with van der Waals surface area (Å²) in [5.74, 6) is -0.169. The number of benzene rings is 2. The Morgan fingerprint density at radius 1 is 1.10 bits per heavy atom. The average Bonchev–Trinajstić information content (AvgIpc) is 3.24. The smallest absolute Gasteiger partial charge is 0.291 e. The van der Waals surface area contributed by atoms with Crippen LogP contribution in [0.15, 0.2) is 70.2 Å². The van der Waals surface area contributed by atoms with Crippen molar-refractivity contribution in [3.05, 3.63) is 77.2 Å². The van der Waals surface area contributed by atoms with Crippen LogP contribution < -0.4 is 10.6 Å². The maximum Gasteiger partial charge on any atom is 0.291 e. The molecule has 7 heteroatoms. The van der Waals surface area contributed by atoms with E-state index in [1.165, 1.54) is 18.0 Å². The molecular formula is C22H21ClN2O3S. The summed E-state index contributed by atoms with van der Waals surface area (Å²) < 4.78 is 5.11. The molecule has 1 atom stereocenters. The topological polar surface area (TPSA) is 71.3 Å². The molecule has 1 unspecified atom stereocenters. The average molecular weight is 429 g/mol. The summed E-state index contributed by atoms with van der Waals surface area (Å²) in [4.78, 5) is 25.8. The van der Waals surface area contributed by atoms with Gasteiger partial charge in [-0.1, -0.05) is 30.7 Å². The normalized spacial score (nSPS) is 11.7. The second-order valence-electron chi connectivity index (χ2n) is 6.42. The number of hydrogen-bond acceptors (Lipinski definition) is 4. The summed E-state index contributed by atoms with van der Waals surface area (Å²) >= 11 is 7.49. The van der Waals surface area contributed by atoms with Crippen LogP contribution in [0.25, 0.3) is 0 Å². The SMILES string of the molecule is CCC(Sc1cccc(NC(=O)c2ccco2)c1)C(=O)Nc1cc(Cl)ccc1C. The van der Waals surface area contributed by atoms with Crippen LogP contribution in [-0.4, -0.2) is 17.1 Å². The Bertz CT molecular complexity index is 1010. The van der Waals surface area contributed by atoms with Gasteiger partial charge in [-0.25, -0.2) is 0 Å². The van der Waals surface area contributed by atoms with Gasteiger partial charge in [0.05, 0.1) is 11.5 Å². The molecule has 0 saturated carbocycles. The number of nitrogens with one attached hydrogen (secondary N) is 2. The van der Waals surface area contributed by atoms with E-state index in [1.807, 2.05) is 38.1 Å². The molecule has 0 fully saturated rings. The number of amides is 2. The Morgan fingerprint density at radius 2 is 1.93 bits per heavy atom. The van der Waals surface area contributed by atoms with Crippen molar-refractivity contribution >= 4 is 46.6 Å². The van der Waals surface area contributed by atoms with Gasteiger partial charge in [0, 0.05) is 21.3 Å². The molecule has 0 aliphatic rings. The molecule has 0 radical (unpaired) electrons. The first-order valence-electron chi connectivity index (χ1n) is 9.15. The molecule has 0 bridgehead atoms. The van der Waals surface area contributed by atoms with Gasteiger partial charge >= 0.3 is 0 Å². The Labute approximate surface area is 178 Å². The van der Waals surface area contributed by atoms with E-state index in [-0.39, 0.29) is 22.8 Å². The number of thioether (sulfide) groups is 1. The number of carbonyl (C=O) groups is 2. The van der Waals surface area contributed by atoms with Crippen LogP contribution >= 0.6 is 23.4 Å². The predicted molar refractivity (Wildman–Crippen MR) is 118 cm³/mol. The third-order valence-electron chi connectivity index (χ3n) is 4.24. The molecule has 150 valence electrons. The Hall–Kier alpha value is -2.70. The molecule has 0 aliphatic carbocycles. The fraction of sp³-hybridized carbons (Fsp3) is 0.182. The molecule has 0 spiro atoms. The molecule has 1 aromatic heterocycles. The second kappa shape index (κ2) is 9.67. The van der Waals surface area contributed by atoms with Crippen molar-refractivity contribution in [1.29, 1.82) is 0 Å². The van der Waals surface area contributed by atoms with Crippen LogP contribution in [0.3, 0.4) is 0 Å². The van der Waals surface area contributed by atoms with Crippen LogP contribution in [0.4, 0.5) is 11.4 Å². The Balaban J connectivity index is 1.68. The molecule has 2 amide bonds. The lowest BCUT2D eigenvalue weighted by Crippen LogP contribution is -2.25. The highest BCUT2D eigenvalue weighted by atomic mass is 35.5.